The highest BCUT2D eigenvalue weighted by molar-refractivity contribution is 6.35. The maximum absolute atomic E-state index is 6.24. The lowest BCUT2D eigenvalue weighted by Crippen LogP contribution is -2.37. The Morgan fingerprint density at radius 3 is 2.95 bits per heavy atom. The molecule has 2 unspecified atom stereocenters. The normalized spacial score (nSPS) is 27.3. The summed E-state index contributed by atoms with van der Waals surface area (Å²) in [5.74, 6) is 1.22. The highest BCUT2D eigenvalue weighted by Crippen LogP contribution is 2.38. The van der Waals surface area contributed by atoms with Gasteiger partial charge in [0.1, 0.15) is 11.3 Å². The minimum Gasteiger partial charge on any atom is -0.376 e. The van der Waals surface area contributed by atoms with Crippen LogP contribution in [0.2, 0.25) is 5.02 Å². The Balaban J connectivity index is 2.30. The summed E-state index contributed by atoms with van der Waals surface area (Å²) in [6, 6.07) is 5.85. The number of para-hydroxylation sites is 1. The quantitative estimate of drug-likeness (QED) is 0.785. The predicted molar refractivity (Wildman–Crippen MR) is 78.0 cm³/mol. The van der Waals surface area contributed by atoms with E-state index in [-0.39, 0.29) is 11.6 Å². The van der Waals surface area contributed by atoms with Crippen LogP contribution in [-0.4, -0.2) is 22.3 Å². The van der Waals surface area contributed by atoms with Crippen LogP contribution < -0.4 is 0 Å². The van der Waals surface area contributed by atoms with Gasteiger partial charge in [0.05, 0.1) is 28.1 Å². The molecule has 2 heterocycles. The van der Waals surface area contributed by atoms with Crippen molar-refractivity contribution in [2.75, 3.05) is 6.61 Å². The fourth-order valence-corrected chi connectivity index (χ4v) is 3.28. The second kappa shape index (κ2) is 4.65. The Bertz CT molecular complexity index is 625. The molecule has 1 aliphatic rings. The third-order valence-electron chi connectivity index (χ3n) is 4.19. The maximum atomic E-state index is 6.24. The number of benzene rings is 1. The van der Waals surface area contributed by atoms with E-state index >= 15 is 0 Å². The van der Waals surface area contributed by atoms with Gasteiger partial charge in [0.15, 0.2) is 0 Å². The smallest absolute Gasteiger partial charge is 0.125 e. The van der Waals surface area contributed by atoms with Gasteiger partial charge in [0, 0.05) is 6.61 Å². The van der Waals surface area contributed by atoms with Gasteiger partial charge in [-0.2, -0.15) is 0 Å². The molecule has 19 heavy (non-hydrogen) atoms. The Morgan fingerprint density at radius 1 is 1.53 bits per heavy atom. The summed E-state index contributed by atoms with van der Waals surface area (Å²) in [5.41, 5.74) is 1.73. The number of imidazole rings is 1. The Labute approximate surface area is 122 Å². The first kappa shape index (κ1) is 13.2. The molecule has 0 saturated carbocycles. The number of alkyl halides is 1. The van der Waals surface area contributed by atoms with E-state index in [4.69, 9.17) is 27.9 Å². The second-order valence-corrected chi connectivity index (χ2v) is 5.90. The van der Waals surface area contributed by atoms with Crippen molar-refractivity contribution < 1.29 is 4.74 Å². The van der Waals surface area contributed by atoms with Crippen LogP contribution in [0.1, 0.15) is 26.1 Å². The number of hydrogen-bond donors (Lipinski definition) is 0. The molecule has 1 aliphatic heterocycles. The minimum absolute atomic E-state index is 0.121. The lowest BCUT2D eigenvalue weighted by Gasteiger charge is -2.31. The first-order valence-electron chi connectivity index (χ1n) is 6.42. The van der Waals surface area contributed by atoms with Crippen LogP contribution in [0.25, 0.3) is 11.0 Å². The first-order chi connectivity index (χ1) is 9.08. The van der Waals surface area contributed by atoms with Gasteiger partial charge in [0.2, 0.25) is 0 Å². The second-order valence-electron chi connectivity index (χ2n) is 5.22. The summed E-state index contributed by atoms with van der Waals surface area (Å²) in [6.45, 7) is 5.06. The molecule has 2 atom stereocenters. The van der Waals surface area contributed by atoms with Crippen LogP contribution in [-0.2, 0) is 16.2 Å². The van der Waals surface area contributed by atoms with Gasteiger partial charge in [-0.05, 0) is 32.4 Å². The molecule has 0 amide bonds. The largest absolute Gasteiger partial charge is 0.376 e. The molecular formula is C14H16Cl2N2O. The molecule has 5 heteroatoms. The Morgan fingerprint density at radius 2 is 2.32 bits per heavy atom. The Kier molecular flexibility index (Phi) is 3.24. The van der Waals surface area contributed by atoms with E-state index in [1.54, 1.807) is 0 Å². The molecule has 0 bridgehead atoms. The van der Waals surface area contributed by atoms with E-state index in [0.717, 1.165) is 29.9 Å². The average Bonchev–Trinajstić information content (AvgIpc) is 2.93. The third-order valence-corrected chi connectivity index (χ3v) is 4.73. The van der Waals surface area contributed by atoms with Crippen molar-refractivity contribution in [2.45, 2.75) is 37.8 Å². The molecular weight excluding hydrogens is 283 g/mol. The fourth-order valence-electron chi connectivity index (χ4n) is 2.89. The molecule has 3 rings (SSSR count). The van der Waals surface area contributed by atoms with E-state index in [0.29, 0.717) is 10.9 Å². The number of ether oxygens (including phenoxy) is 1. The molecule has 1 aromatic heterocycles. The van der Waals surface area contributed by atoms with Crippen LogP contribution in [0.3, 0.4) is 0 Å². The molecule has 3 nitrogen and oxygen atoms in total. The summed E-state index contributed by atoms with van der Waals surface area (Å²) in [5, 5.41) is 0.665. The fraction of sp³-hybridized carbons (Fsp3) is 0.500. The maximum Gasteiger partial charge on any atom is 0.125 e. The predicted octanol–water partition coefficient (Wildman–Crippen LogP) is 3.95. The first-order valence-corrected chi connectivity index (χ1v) is 7.33. The van der Waals surface area contributed by atoms with Crippen molar-refractivity contribution in [3.63, 3.8) is 0 Å². The van der Waals surface area contributed by atoms with Gasteiger partial charge in [-0.1, -0.05) is 17.7 Å². The number of fused-ring (bicyclic) bond motifs is 1. The summed E-state index contributed by atoms with van der Waals surface area (Å²) < 4.78 is 7.95. The SMILES string of the molecule is CC1OCCC1(C)n1c(CCl)nc2c(Cl)cccc21. The van der Waals surface area contributed by atoms with Crippen LogP contribution in [0, 0.1) is 0 Å². The number of halogens is 2. The molecule has 1 fully saturated rings. The van der Waals surface area contributed by atoms with Crippen molar-refractivity contribution in [2.24, 2.45) is 0 Å². The monoisotopic (exact) mass is 298 g/mol. The van der Waals surface area contributed by atoms with E-state index in [9.17, 15) is 0 Å². The van der Waals surface area contributed by atoms with Crippen molar-refractivity contribution >= 4 is 34.2 Å². The molecule has 102 valence electrons. The van der Waals surface area contributed by atoms with Crippen LogP contribution in [0.15, 0.2) is 18.2 Å². The van der Waals surface area contributed by atoms with Gasteiger partial charge < -0.3 is 9.30 Å². The van der Waals surface area contributed by atoms with Crippen LogP contribution in [0.4, 0.5) is 0 Å². The van der Waals surface area contributed by atoms with E-state index in [2.05, 4.69) is 23.4 Å². The number of hydrogen-bond acceptors (Lipinski definition) is 2. The van der Waals surface area contributed by atoms with Gasteiger partial charge in [-0.3, -0.25) is 0 Å². The number of rotatable bonds is 2. The van der Waals surface area contributed by atoms with Gasteiger partial charge in [0.25, 0.3) is 0 Å². The minimum atomic E-state index is -0.121. The highest BCUT2D eigenvalue weighted by Gasteiger charge is 2.41. The van der Waals surface area contributed by atoms with Gasteiger partial charge in [-0.15, -0.1) is 11.6 Å². The lowest BCUT2D eigenvalue weighted by molar-refractivity contribution is 0.0766. The molecule has 0 N–H and O–H groups in total. The summed E-state index contributed by atoms with van der Waals surface area (Å²) in [6.07, 6.45) is 1.08. The van der Waals surface area contributed by atoms with Crippen LogP contribution >= 0.6 is 23.2 Å². The van der Waals surface area contributed by atoms with Crippen molar-refractivity contribution in [3.05, 3.63) is 29.0 Å². The number of aromatic nitrogens is 2. The number of nitrogens with zero attached hydrogens (tertiary/aromatic N) is 2. The van der Waals surface area contributed by atoms with E-state index in [1.807, 2.05) is 18.2 Å². The van der Waals surface area contributed by atoms with E-state index < -0.39 is 0 Å². The van der Waals surface area contributed by atoms with Crippen molar-refractivity contribution in [1.82, 2.24) is 9.55 Å². The van der Waals surface area contributed by atoms with Gasteiger partial charge in [-0.25, -0.2) is 4.98 Å². The van der Waals surface area contributed by atoms with E-state index in [1.165, 1.54) is 0 Å². The molecule has 0 aliphatic carbocycles. The average molecular weight is 299 g/mol. The lowest BCUT2D eigenvalue weighted by atomic mass is 9.93. The Hall–Kier alpha value is -0.770. The highest BCUT2D eigenvalue weighted by atomic mass is 35.5. The zero-order valence-electron chi connectivity index (χ0n) is 11.0. The van der Waals surface area contributed by atoms with Crippen LogP contribution in [0.5, 0.6) is 0 Å². The molecule has 1 aromatic carbocycles. The molecule has 2 aromatic rings. The summed E-state index contributed by atoms with van der Waals surface area (Å²) >= 11 is 12.3. The molecule has 0 spiro atoms. The zero-order valence-corrected chi connectivity index (χ0v) is 12.5. The zero-order chi connectivity index (χ0) is 13.6. The topological polar surface area (TPSA) is 27.1 Å². The van der Waals surface area contributed by atoms with Gasteiger partial charge >= 0.3 is 0 Å². The standard InChI is InChI=1S/C14H16Cl2N2O/c1-9-14(2,6-7-19-9)18-11-5-3-4-10(16)13(11)17-12(18)8-15/h3-5,9H,6-8H2,1-2H3. The molecule has 1 saturated heterocycles. The van der Waals surface area contributed by atoms with Crippen molar-refractivity contribution in [1.29, 1.82) is 0 Å². The summed E-state index contributed by atoms with van der Waals surface area (Å²) in [7, 11) is 0. The summed E-state index contributed by atoms with van der Waals surface area (Å²) in [4.78, 5) is 4.60. The van der Waals surface area contributed by atoms with Crippen molar-refractivity contribution in [3.8, 4) is 0 Å². The molecule has 0 radical (unpaired) electrons. The third kappa shape index (κ3) is 1.87.